The Bertz CT molecular complexity index is 710. The first-order valence-corrected chi connectivity index (χ1v) is 9.25. The molecule has 7 heteroatoms. The molecule has 1 unspecified atom stereocenters. The summed E-state index contributed by atoms with van der Waals surface area (Å²) in [7, 11) is 0. The standard InChI is InChI=1S/C20H29FN4O.ClH/c1-20(2,3)25-15-16(13-23-25)12-22-14-19(24-7-9-26-10-8-24)17-5-4-6-18(21)11-17;/h4-6,11,13,15,19,22H,7-10,12,14H2,1-3H3;1H. The second-order valence-electron chi connectivity index (χ2n) is 7.81. The molecule has 150 valence electrons. The van der Waals surface area contributed by atoms with Crippen LogP contribution < -0.4 is 5.32 Å². The average molecular weight is 397 g/mol. The van der Waals surface area contributed by atoms with Crippen LogP contribution in [0, 0.1) is 5.82 Å². The topological polar surface area (TPSA) is 42.3 Å². The van der Waals surface area contributed by atoms with E-state index in [1.165, 1.54) is 6.07 Å². The Hall–Kier alpha value is -1.47. The average Bonchev–Trinajstić information content (AvgIpc) is 3.09. The zero-order valence-corrected chi connectivity index (χ0v) is 17.1. The highest BCUT2D eigenvalue weighted by atomic mass is 35.5. The van der Waals surface area contributed by atoms with Gasteiger partial charge < -0.3 is 10.1 Å². The Morgan fingerprint density at radius 3 is 2.63 bits per heavy atom. The predicted octanol–water partition coefficient (Wildman–Crippen LogP) is 3.36. The number of benzene rings is 1. The summed E-state index contributed by atoms with van der Waals surface area (Å²) in [5, 5.41) is 7.97. The van der Waals surface area contributed by atoms with Crippen molar-refractivity contribution in [3.63, 3.8) is 0 Å². The molecule has 27 heavy (non-hydrogen) atoms. The van der Waals surface area contributed by atoms with Crippen molar-refractivity contribution in [2.45, 2.75) is 38.9 Å². The van der Waals surface area contributed by atoms with E-state index in [0.29, 0.717) is 0 Å². The highest BCUT2D eigenvalue weighted by Gasteiger charge is 2.23. The summed E-state index contributed by atoms with van der Waals surface area (Å²) in [4.78, 5) is 2.36. The van der Waals surface area contributed by atoms with Gasteiger partial charge in [-0.2, -0.15) is 5.10 Å². The lowest BCUT2D eigenvalue weighted by Gasteiger charge is -2.35. The number of nitrogens with zero attached hydrogens (tertiary/aromatic N) is 3. The molecule has 0 spiro atoms. The normalized spacial score (nSPS) is 16.7. The fraction of sp³-hybridized carbons (Fsp3) is 0.550. The molecular formula is C20H30ClFN4O. The molecule has 1 saturated heterocycles. The minimum absolute atomic E-state index is 0. The van der Waals surface area contributed by atoms with Crippen molar-refractivity contribution in [2.75, 3.05) is 32.8 Å². The van der Waals surface area contributed by atoms with Crippen molar-refractivity contribution < 1.29 is 9.13 Å². The predicted molar refractivity (Wildman–Crippen MR) is 108 cm³/mol. The van der Waals surface area contributed by atoms with E-state index in [0.717, 1.165) is 50.5 Å². The molecular weight excluding hydrogens is 367 g/mol. The number of hydrogen-bond donors (Lipinski definition) is 1. The summed E-state index contributed by atoms with van der Waals surface area (Å²) in [6.45, 7) is 11.1. The molecule has 5 nitrogen and oxygen atoms in total. The van der Waals surface area contributed by atoms with E-state index in [1.807, 2.05) is 16.9 Å². The maximum Gasteiger partial charge on any atom is 0.123 e. The van der Waals surface area contributed by atoms with Crippen molar-refractivity contribution in [2.24, 2.45) is 0 Å². The SMILES string of the molecule is CC(C)(C)n1cc(CNCC(c2cccc(F)c2)N2CCOCC2)cn1.Cl. The van der Waals surface area contributed by atoms with Gasteiger partial charge in [0.1, 0.15) is 5.82 Å². The summed E-state index contributed by atoms with van der Waals surface area (Å²) in [6, 6.07) is 7.05. The van der Waals surface area contributed by atoms with Crippen molar-refractivity contribution >= 4 is 12.4 Å². The molecule has 1 aliphatic heterocycles. The van der Waals surface area contributed by atoms with Gasteiger partial charge in [0.25, 0.3) is 0 Å². The van der Waals surface area contributed by atoms with Crippen molar-refractivity contribution in [3.05, 3.63) is 53.6 Å². The Labute approximate surface area is 167 Å². The number of hydrogen-bond acceptors (Lipinski definition) is 4. The van der Waals surface area contributed by atoms with Crippen LogP contribution in [0.15, 0.2) is 36.7 Å². The van der Waals surface area contributed by atoms with Gasteiger partial charge in [-0.15, -0.1) is 12.4 Å². The number of halogens is 2. The van der Waals surface area contributed by atoms with E-state index in [2.05, 4.69) is 42.3 Å². The number of aromatic nitrogens is 2. The van der Waals surface area contributed by atoms with Gasteiger partial charge >= 0.3 is 0 Å². The van der Waals surface area contributed by atoms with Crippen LogP contribution in [0.2, 0.25) is 0 Å². The van der Waals surface area contributed by atoms with Gasteiger partial charge in [-0.1, -0.05) is 12.1 Å². The molecule has 1 N–H and O–H groups in total. The Morgan fingerprint density at radius 1 is 1.26 bits per heavy atom. The third-order valence-electron chi connectivity index (χ3n) is 4.71. The third-order valence-corrected chi connectivity index (χ3v) is 4.71. The molecule has 1 atom stereocenters. The maximum atomic E-state index is 13.7. The van der Waals surface area contributed by atoms with E-state index < -0.39 is 0 Å². The first kappa shape index (κ1) is 21.8. The van der Waals surface area contributed by atoms with Gasteiger partial charge in [0.2, 0.25) is 0 Å². The summed E-state index contributed by atoms with van der Waals surface area (Å²) in [5.41, 5.74) is 2.14. The molecule has 1 aliphatic rings. The Balaban J connectivity index is 0.00000261. The van der Waals surface area contributed by atoms with Crippen molar-refractivity contribution in [1.82, 2.24) is 20.0 Å². The van der Waals surface area contributed by atoms with Crippen LogP contribution in [0.3, 0.4) is 0 Å². The van der Waals surface area contributed by atoms with Gasteiger partial charge in [0, 0.05) is 44.0 Å². The van der Waals surface area contributed by atoms with E-state index in [-0.39, 0.29) is 29.8 Å². The second-order valence-corrected chi connectivity index (χ2v) is 7.81. The van der Waals surface area contributed by atoms with E-state index >= 15 is 0 Å². The Kier molecular flexibility index (Phi) is 7.79. The molecule has 0 aliphatic carbocycles. The monoisotopic (exact) mass is 396 g/mol. The lowest BCUT2D eigenvalue weighted by molar-refractivity contribution is 0.0160. The van der Waals surface area contributed by atoms with Gasteiger partial charge in [-0.05, 0) is 38.5 Å². The number of nitrogens with one attached hydrogen (secondary N) is 1. The summed E-state index contributed by atoms with van der Waals surface area (Å²) in [6.07, 6.45) is 3.99. The largest absolute Gasteiger partial charge is 0.379 e. The molecule has 2 heterocycles. The highest BCUT2D eigenvalue weighted by Crippen LogP contribution is 2.22. The highest BCUT2D eigenvalue weighted by molar-refractivity contribution is 5.85. The molecule has 1 fully saturated rings. The molecule has 3 rings (SSSR count). The number of rotatable bonds is 6. The van der Waals surface area contributed by atoms with E-state index in [1.54, 1.807) is 12.1 Å². The zero-order chi connectivity index (χ0) is 18.6. The smallest absolute Gasteiger partial charge is 0.123 e. The van der Waals surface area contributed by atoms with Crippen LogP contribution in [0.5, 0.6) is 0 Å². The van der Waals surface area contributed by atoms with Crippen molar-refractivity contribution in [1.29, 1.82) is 0 Å². The van der Waals surface area contributed by atoms with E-state index in [4.69, 9.17) is 4.74 Å². The van der Waals surface area contributed by atoms with Crippen LogP contribution in [0.1, 0.15) is 37.9 Å². The maximum absolute atomic E-state index is 13.7. The first-order valence-electron chi connectivity index (χ1n) is 9.25. The van der Waals surface area contributed by atoms with Gasteiger partial charge in [0.05, 0.1) is 24.9 Å². The summed E-state index contributed by atoms with van der Waals surface area (Å²) < 4.78 is 21.2. The lowest BCUT2D eigenvalue weighted by atomic mass is 10.0. The minimum Gasteiger partial charge on any atom is -0.379 e. The lowest BCUT2D eigenvalue weighted by Crippen LogP contribution is -2.42. The Morgan fingerprint density at radius 2 is 2.00 bits per heavy atom. The number of ether oxygens (including phenoxy) is 1. The van der Waals surface area contributed by atoms with Gasteiger partial charge in [-0.3, -0.25) is 9.58 Å². The molecule has 0 bridgehead atoms. The molecule has 1 aromatic heterocycles. The minimum atomic E-state index is -0.188. The fourth-order valence-electron chi connectivity index (χ4n) is 3.23. The second kappa shape index (κ2) is 9.64. The third kappa shape index (κ3) is 6.01. The fourth-order valence-corrected chi connectivity index (χ4v) is 3.23. The molecule has 0 saturated carbocycles. The van der Waals surface area contributed by atoms with E-state index in [9.17, 15) is 4.39 Å². The molecule has 2 aromatic rings. The quantitative estimate of drug-likeness (QED) is 0.813. The molecule has 0 radical (unpaired) electrons. The van der Waals surface area contributed by atoms with Crippen LogP contribution in [0.4, 0.5) is 4.39 Å². The molecule has 0 amide bonds. The number of morpholine rings is 1. The van der Waals surface area contributed by atoms with Crippen LogP contribution >= 0.6 is 12.4 Å². The van der Waals surface area contributed by atoms with Gasteiger partial charge in [0.15, 0.2) is 0 Å². The van der Waals surface area contributed by atoms with Crippen LogP contribution in [0.25, 0.3) is 0 Å². The first-order chi connectivity index (χ1) is 12.4. The zero-order valence-electron chi connectivity index (χ0n) is 16.3. The van der Waals surface area contributed by atoms with Gasteiger partial charge in [-0.25, -0.2) is 4.39 Å². The molecule has 1 aromatic carbocycles. The van der Waals surface area contributed by atoms with Crippen LogP contribution in [-0.4, -0.2) is 47.5 Å². The van der Waals surface area contributed by atoms with Crippen LogP contribution in [-0.2, 0) is 16.8 Å². The van der Waals surface area contributed by atoms with Crippen molar-refractivity contribution in [3.8, 4) is 0 Å². The summed E-state index contributed by atoms with van der Waals surface area (Å²) in [5.74, 6) is -0.188. The summed E-state index contributed by atoms with van der Waals surface area (Å²) >= 11 is 0.